The minimum absolute atomic E-state index is 0.0229. The first-order valence-corrected chi connectivity index (χ1v) is 8.26. The molecule has 118 valence electrons. The first-order chi connectivity index (χ1) is 10.4. The van der Waals surface area contributed by atoms with E-state index in [0.717, 1.165) is 16.3 Å². The van der Waals surface area contributed by atoms with Crippen molar-refractivity contribution in [1.29, 1.82) is 0 Å². The van der Waals surface area contributed by atoms with Crippen LogP contribution in [0, 0.1) is 0 Å². The lowest BCUT2D eigenvalue weighted by atomic mass is 9.98. The van der Waals surface area contributed by atoms with E-state index in [-0.39, 0.29) is 17.4 Å². The van der Waals surface area contributed by atoms with E-state index in [2.05, 4.69) is 31.1 Å². The molecule has 2 rings (SSSR count). The molecule has 0 aliphatic heterocycles. The maximum Gasteiger partial charge on any atom is 0.226 e. The van der Waals surface area contributed by atoms with Gasteiger partial charge in [0, 0.05) is 23.4 Å². The van der Waals surface area contributed by atoms with Crippen LogP contribution < -0.4 is 11.1 Å². The Labute approximate surface area is 135 Å². The van der Waals surface area contributed by atoms with E-state index in [0.29, 0.717) is 13.0 Å². The zero-order valence-electron chi connectivity index (χ0n) is 13.3. The molecule has 1 aromatic heterocycles. The molecule has 22 heavy (non-hydrogen) atoms. The largest absolute Gasteiger partial charge is 0.354 e. The Morgan fingerprint density at radius 2 is 2.00 bits per heavy atom. The smallest absolute Gasteiger partial charge is 0.226 e. The molecular weight excluding hydrogens is 294 g/mol. The third-order valence-electron chi connectivity index (χ3n) is 3.28. The average Bonchev–Trinajstić information content (AvgIpc) is 2.94. The highest BCUT2D eigenvalue weighted by molar-refractivity contribution is 7.09. The van der Waals surface area contributed by atoms with E-state index in [1.54, 1.807) is 11.3 Å². The van der Waals surface area contributed by atoms with Crippen molar-refractivity contribution in [2.24, 2.45) is 5.73 Å². The van der Waals surface area contributed by atoms with Crippen molar-refractivity contribution in [3.05, 3.63) is 52.0 Å². The Kier molecular flexibility index (Phi) is 5.32. The first-order valence-electron chi connectivity index (χ1n) is 7.38. The van der Waals surface area contributed by atoms with Crippen molar-refractivity contribution in [2.45, 2.75) is 38.6 Å². The maximum atomic E-state index is 12.0. The van der Waals surface area contributed by atoms with E-state index in [4.69, 9.17) is 5.73 Å². The second kappa shape index (κ2) is 7.03. The standard InChI is InChI=1S/C17H23N3OS/c1-17(2,3)16-20-13(11-22-16)9-15(21)19-10-14(18)12-7-5-4-6-8-12/h4-8,11,14H,9-10,18H2,1-3H3,(H,19,21). The Morgan fingerprint density at radius 1 is 1.32 bits per heavy atom. The van der Waals surface area contributed by atoms with Gasteiger partial charge in [0.25, 0.3) is 0 Å². The number of nitrogens with one attached hydrogen (secondary N) is 1. The molecule has 0 saturated heterocycles. The Hall–Kier alpha value is -1.72. The normalized spacial score (nSPS) is 12.9. The molecule has 0 saturated carbocycles. The van der Waals surface area contributed by atoms with Crippen molar-refractivity contribution < 1.29 is 4.79 Å². The summed E-state index contributed by atoms with van der Waals surface area (Å²) in [6.07, 6.45) is 0.300. The van der Waals surface area contributed by atoms with Gasteiger partial charge in [0.15, 0.2) is 0 Å². The predicted octanol–water partition coefficient (Wildman–Crippen LogP) is 2.80. The number of carbonyl (C=O) groups excluding carboxylic acids is 1. The molecule has 5 heteroatoms. The lowest BCUT2D eigenvalue weighted by Gasteiger charge is -2.14. The second-order valence-electron chi connectivity index (χ2n) is 6.39. The molecule has 4 nitrogen and oxygen atoms in total. The maximum absolute atomic E-state index is 12.0. The minimum atomic E-state index is -0.189. The van der Waals surface area contributed by atoms with Gasteiger partial charge in [-0.15, -0.1) is 11.3 Å². The number of benzene rings is 1. The molecule has 0 fully saturated rings. The number of rotatable bonds is 5. The molecule has 2 aromatic rings. The quantitative estimate of drug-likeness (QED) is 0.891. The van der Waals surface area contributed by atoms with Crippen LogP contribution in [0.5, 0.6) is 0 Å². The van der Waals surface area contributed by atoms with Crippen LogP contribution in [0.15, 0.2) is 35.7 Å². The Balaban J connectivity index is 1.84. The van der Waals surface area contributed by atoms with E-state index in [1.807, 2.05) is 35.7 Å². The number of carbonyl (C=O) groups is 1. The van der Waals surface area contributed by atoms with Crippen molar-refractivity contribution in [3.63, 3.8) is 0 Å². The van der Waals surface area contributed by atoms with Crippen LogP contribution in [-0.2, 0) is 16.6 Å². The van der Waals surface area contributed by atoms with Gasteiger partial charge in [-0.25, -0.2) is 4.98 Å². The monoisotopic (exact) mass is 317 g/mol. The summed E-state index contributed by atoms with van der Waals surface area (Å²) >= 11 is 1.60. The van der Waals surface area contributed by atoms with Crippen molar-refractivity contribution in [1.82, 2.24) is 10.3 Å². The molecule has 0 radical (unpaired) electrons. The van der Waals surface area contributed by atoms with E-state index >= 15 is 0 Å². The van der Waals surface area contributed by atoms with E-state index < -0.39 is 0 Å². The van der Waals surface area contributed by atoms with Crippen molar-refractivity contribution in [2.75, 3.05) is 6.54 Å². The van der Waals surface area contributed by atoms with Gasteiger partial charge in [-0.05, 0) is 5.56 Å². The minimum Gasteiger partial charge on any atom is -0.354 e. The molecule has 0 spiro atoms. The van der Waals surface area contributed by atoms with Crippen LogP contribution in [0.4, 0.5) is 0 Å². The van der Waals surface area contributed by atoms with Crippen LogP contribution in [0.1, 0.15) is 43.1 Å². The topological polar surface area (TPSA) is 68.0 Å². The van der Waals surface area contributed by atoms with Gasteiger partial charge in [-0.2, -0.15) is 0 Å². The SMILES string of the molecule is CC(C)(C)c1nc(CC(=O)NCC(N)c2ccccc2)cs1. The second-order valence-corrected chi connectivity index (χ2v) is 7.25. The molecule has 3 N–H and O–H groups in total. The molecule has 0 aliphatic carbocycles. The van der Waals surface area contributed by atoms with Crippen LogP contribution in [0.25, 0.3) is 0 Å². The van der Waals surface area contributed by atoms with Crippen LogP contribution in [0.3, 0.4) is 0 Å². The number of nitrogens with zero attached hydrogens (tertiary/aromatic N) is 1. The lowest BCUT2D eigenvalue weighted by Crippen LogP contribution is -2.32. The van der Waals surface area contributed by atoms with Gasteiger partial charge in [-0.1, -0.05) is 51.1 Å². The third kappa shape index (κ3) is 4.64. The zero-order chi connectivity index (χ0) is 16.2. The highest BCUT2D eigenvalue weighted by Crippen LogP contribution is 2.25. The fraction of sp³-hybridized carbons (Fsp3) is 0.412. The van der Waals surface area contributed by atoms with Crippen molar-refractivity contribution >= 4 is 17.2 Å². The highest BCUT2D eigenvalue weighted by atomic mass is 32.1. The summed E-state index contributed by atoms with van der Waals surface area (Å²) in [5, 5.41) is 5.89. The average molecular weight is 317 g/mol. The number of aromatic nitrogens is 1. The molecular formula is C17H23N3OS. The molecule has 1 amide bonds. The van der Waals surface area contributed by atoms with E-state index in [1.165, 1.54) is 0 Å². The fourth-order valence-electron chi connectivity index (χ4n) is 2.00. The number of amides is 1. The summed E-state index contributed by atoms with van der Waals surface area (Å²) in [7, 11) is 0. The summed E-state index contributed by atoms with van der Waals surface area (Å²) in [5.74, 6) is -0.0443. The number of hydrogen-bond donors (Lipinski definition) is 2. The summed E-state index contributed by atoms with van der Waals surface area (Å²) in [4.78, 5) is 16.5. The highest BCUT2D eigenvalue weighted by Gasteiger charge is 2.18. The van der Waals surface area contributed by atoms with Gasteiger partial charge in [-0.3, -0.25) is 4.79 Å². The van der Waals surface area contributed by atoms with Crippen LogP contribution >= 0.6 is 11.3 Å². The molecule has 1 heterocycles. The van der Waals surface area contributed by atoms with Gasteiger partial charge >= 0.3 is 0 Å². The van der Waals surface area contributed by atoms with Gasteiger partial charge in [0.2, 0.25) is 5.91 Å². The Bertz CT molecular complexity index is 616. The molecule has 0 bridgehead atoms. The molecule has 0 aliphatic rings. The van der Waals surface area contributed by atoms with Crippen LogP contribution in [0.2, 0.25) is 0 Å². The summed E-state index contributed by atoms with van der Waals surface area (Å²) in [6.45, 7) is 6.79. The first kappa shape index (κ1) is 16.6. The fourth-order valence-corrected chi connectivity index (χ4v) is 2.91. The Morgan fingerprint density at radius 3 is 2.59 bits per heavy atom. The number of thiazole rings is 1. The zero-order valence-corrected chi connectivity index (χ0v) is 14.1. The van der Waals surface area contributed by atoms with Gasteiger partial charge < -0.3 is 11.1 Å². The lowest BCUT2D eigenvalue weighted by molar-refractivity contribution is -0.120. The van der Waals surface area contributed by atoms with Crippen molar-refractivity contribution in [3.8, 4) is 0 Å². The summed E-state index contributed by atoms with van der Waals surface area (Å²) in [5.41, 5.74) is 7.93. The summed E-state index contributed by atoms with van der Waals surface area (Å²) < 4.78 is 0. The predicted molar refractivity (Wildman–Crippen MR) is 90.9 cm³/mol. The molecule has 1 unspecified atom stereocenters. The number of hydrogen-bond acceptors (Lipinski definition) is 4. The summed E-state index contributed by atoms with van der Waals surface area (Å²) in [6, 6.07) is 9.58. The van der Waals surface area contributed by atoms with Gasteiger partial charge in [0.1, 0.15) is 0 Å². The van der Waals surface area contributed by atoms with E-state index in [9.17, 15) is 4.79 Å². The number of nitrogens with two attached hydrogens (primary N) is 1. The molecule has 1 aromatic carbocycles. The van der Waals surface area contributed by atoms with Crippen LogP contribution in [-0.4, -0.2) is 17.4 Å². The third-order valence-corrected chi connectivity index (χ3v) is 4.60. The molecule has 1 atom stereocenters. The van der Waals surface area contributed by atoms with Gasteiger partial charge in [0.05, 0.1) is 17.1 Å².